The third-order valence-corrected chi connectivity index (χ3v) is 2.85. The number of rotatable bonds is 5. The molecule has 0 radical (unpaired) electrons. The number of hydrogen-bond acceptors (Lipinski definition) is 6. The average Bonchev–Trinajstić information content (AvgIpc) is 2.53. The van der Waals surface area contributed by atoms with Crippen LogP contribution in [0.4, 0.5) is 16.2 Å². The lowest BCUT2D eigenvalue weighted by Gasteiger charge is -2.11. The molecule has 0 heterocycles. The molecule has 0 saturated heterocycles. The van der Waals surface area contributed by atoms with Gasteiger partial charge in [0.1, 0.15) is 0 Å². The van der Waals surface area contributed by atoms with Crippen molar-refractivity contribution in [3.05, 3.63) is 36.4 Å². The first-order chi connectivity index (χ1) is 11.5. The number of nitrogens with one attached hydrogen (secondary N) is 2. The number of amides is 1. The molecule has 2 aromatic carbocycles. The Balaban J connectivity index is 2.25. The van der Waals surface area contributed by atoms with Gasteiger partial charge in [-0.25, -0.2) is 4.79 Å². The van der Waals surface area contributed by atoms with Crippen LogP contribution >= 0.6 is 0 Å². The Labute approximate surface area is 140 Å². The monoisotopic (exact) mass is 328 g/mol. The molecule has 2 aromatic rings. The van der Waals surface area contributed by atoms with Crippen molar-refractivity contribution in [2.75, 3.05) is 10.8 Å². The lowest BCUT2D eigenvalue weighted by atomic mass is 10.1. The summed E-state index contributed by atoms with van der Waals surface area (Å²) in [7, 11) is 0. The molecule has 0 unspecified atom stereocenters. The second-order valence-electron chi connectivity index (χ2n) is 5.48. The van der Waals surface area contributed by atoms with Crippen LogP contribution in [0.2, 0.25) is 0 Å². The molecule has 0 aromatic heterocycles. The Bertz CT molecular complexity index is 792. The van der Waals surface area contributed by atoms with Gasteiger partial charge in [-0.2, -0.15) is 5.48 Å². The molecule has 7 heteroatoms. The lowest BCUT2D eigenvalue weighted by Crippen LogP contribution is -2.11. The molecular formula is C17H20N4O3. The van der Waals surface area contributed by atoms with Gasteiger partial charge < -0.3 is 0 Å². The Hall–Kier alpha value is -3.09. The normalized spacial score (nSPS) is 9.83. The van der Waals surface area contributed by atoms with Crippen LogP contribution in [-0.4, -0.2) is 17.5 Å². The highest BCUT2D eigenvalue weighted by molar-refractivity contribution is 6.04. The van der Waals surface area contributed by atoms with E-state index in [0.29, 0.717) is 11.4 Å². The van der Waals surface area contributed by atoms with Gasteiger partial charge in [0, 0.05) is 10.8 Å². The highest BCUT2D eigenvalue weighted by atomic mass is 16.8. The number of oxime groups is 2. The zero-order valence-corrected chi connectivity index (χ0v) is 14.1. The molecule has 126 valence electrons. The molecular weight excluding hydrogens is 308 g/mol. The van der Waals surface area contributed by atoms with Crippen LogP contribution in [0, 0.1) is 0 Å². The molecule has 0 spiro atoms. The Kier molecular flexibility index (Phi) is 5.73. The van der Waals surface area contributed by atoms with E-state index in [9.17, 15) is 4.79 Å². The van der Waals surface area contributed by atoms with Gasteiger partial charge in [0.05, 0.1) is 22.8 Å². The predicted octanol–water partition coefficient (Wildman–Crippen LogP) is 4.52. The van der Waals surface area contributed by atoms with Crippen molar-refractivity contribution in [1.29, 1.82) is 0 Å². The third-order valence-electron chi connectivity index (χ3n) is 2.85. The van der Waals surface area contributed by atoms with Crippen molar-refractivity contribution in [2.45, 2.75) is 27.7 Å². The summed E-state index contributed by atoms with van der Waals surface area (Å²) in [5.74, 6) is 0. The highest BCUT2D eigenvalue weighted by Gasteiger charge is 2.09. The van der Waals surface area contributed by atoms with E-state index in [2.05, 4.69) is 21.1 Å². The lowest BCUT2D eigenvalue weighted by molar-refractivity contribution is 0.166. The second kappa shape index (κ2) is 7.96. The maximum atomic E-state index is 11.8. The van der Waals surface area contributed by atoms with Crippen molar-refractivity contribution in [3.8, 4) is 0 Å². The summed E-state index contributed by atoms with van der Waals surface area (Å²) >= 11 is 0. The average molecular weight is 328 g/mol. The minimum absolute atomic E-state index is 0.611. The molecule has 2 N–H and O–H groups in total. The molecule has 0 bridgehead atoms. The van der Waals surface area contributed by atoms with Crippen molar-refractivity contribution >= 4 is 39.7 Å². The molecule has 0 fully saturated rings. The minimum atomic E-state index is -0.649. The fourth-order valence-corrected chi connectivity index (χ4v) is 1.94. The molecule has 2 rings (SSSR count). The van der Waals surface area contributed by atoms with Crippen LogP contribution in [0.5, 0.6) is 0 Å². The van der Waals surface area contributed by atoms with Crippen LogP contribution < -0.4 is 10.8 Å². The SMILES string of the molecule is CC(C)=NONc1cccc2c(NC(=O)ON=C(C)C)cccc12. The van der Waals surface area contributed by atoms with Gasteiger partial charge >= 0.3 is 6.09 Å². The van der Waals surface area contributed by atoms with Crippen molar-refractivity contribution in [1.82, 2.24) is 0 Å². The summed E-state index contributed by atoms with van der Waals surface area (Å²) in [5, 5.41) is 11.9. The molecule has 7 nitrogen and oxygen atoms in total. The van der Waals surface area contributed by atoms with E-state index >= 15 is 0 Å². The Morgan fingerprint density at radius 3 is 2.08 bits per heavy atom. The van der Waals surface area contributed by atoms with Gasteiger partial charge in [0.15, 0.2) is 0 Å². The molecule has 24 heavy (non-hydrogen) atoms. The first kappa shape index (κ1) is 17.3. The van der Waals surface area contributed by atoms with Gasteiger partial charge in [-0.1, -0.05) is 34.6 Å². The van der Waals surface area contributed by atoms with E-state index in [-0.39, 0.29) is 0 Å². The van der Waals surface area contributed by atoms with Gasteiger partial charge in [-0.15, -0.1) is 0 Å². The third kappa shape index (κ3) is 4.70. The topological polar surface area (TPSA) is 84.3 Å². The van der Waals surface area contributed by atoms with Gasteiger partial charge in [-0.05, 0) is 39.8 Å². The van der Waals surface area contributed by atoms with Gasteiger partial charge in [0.25, 0.3) is 0 Å². The quantitative estimate of drug-likeness (QED) is 0.480. The zero-order valence-electron chi connectivity index (χ0n) is 14.1. The van der Waals surface area contributed by atoms with Crippen LogP contribution in [0.15, 0.2) is 46.7 Å². The van der Waals surface area contributed by atoms with Gasteiger partial charge in [-0.3, -0.25) is 15.1 Å². The molecule has 0 aliphatic rings. The van der Waals surface area contributed by atoms with Crippen molar-refractivity contribution in [3.63, 3.8) is 0 Å². The van der Waals surface area contributed by atoms with Crippen molar-refractivity contribution in [2.24, 2.45) is 10.3 Å². The zero-order chi connectivity index (χ0) is 17.5. The fraction of sp³-hybridized carbons (Fsp3) is 0.235. The van der Waals surface area contributed by atoms with E-state index in [1.165, 1.54) is 0 Å². The van der Waals surface area contributed by atoms with Gasteiger partial charge in [0.2, 0.25) is 0 Å². The number of carbonyl (C=O) groups excluding carboxylic acids is 1. The Morgan fingerprint density at radius 1 is 0.875 bits per heavy atom. The van der Waals surface area contributed by atoms with Crippen molar-refractivity contribution < 1.29 is 14.6 Å². The predicted molar refractivity (Wildman–Crippen MR) is 96.3 cm³/mol. The molecule has 1 amide bonds. The maximum absolute atomic E-state index is 11.8. The van der Waals surface area contributed by atoms with E-state index in [1.54, 1.807) is 19.9 Å². The fourth-order valence-electron chi connectivity index (χ4n) is 1.94. The summed E-state index contributed by atoms with van der Waals surface area (Å²) < 4.78 is 0. The molecule has 0 saturated carbocycles. The Morgan fingerprint density at radius 2 is 1.46 bits per heavy atom. The number of nitrogens with zero attached hydrogens (tertiary/aromatic N) is 2. The maximum Gasteiger partial charge on any atom is 0.437 e. The highest BCUT2D eigenvalue weighted by Crippen LogP contribution is 2.29. The van der Waals surface area contributed by atoms with Crippen LogP contribution in [0.25, 0.3) is 10.8 Å². The summed E-state index contributed by atoms with van der Waals surface area (Å²) in [5.41, 5.74) is 5.57. The van der Waals surface area contributed by atoms with E-state index in [4.69, 9.17) is 9.78 Å². The first-order valence-electron chi connectivity index (χ1n) is 7.41. The summed E-state index contributed by atoms with van der Waals surface area (Å²) in [4.78, 5) is 21.6. The standard InChI is InChI=1S/C17H20N4O3/c1-11(2)19-23-17(22)18-15-9-5-8-14-13(15)7-6-10-16(14)21-24-20-12(3)4/h5-10,21H,1-4H3,(H,18,22). The first-order valence-corrected chi connectivity index (χ1v) is 7.41. The van der Waals surface area contributed by atoms with Crippen LogP contribution in [-0.2, 0) is 9.78 Å². The molecule has 0 aliphatic heterocycles. The summed E-state index contributed by atoms with van der Waals surface area (Å²) in [6.07, 6.45) is -0.649. The summed E-state index contributed by atoms with van der Waals surface area (Å²) in [6, 6.07) is 11.1. The summed E-state index contributed by atoms with van der Waals surface area (Å²) in [6.45, 7) is 7.14. The van der Waals surface area contributed by atoms with E-state index in [0.717, 1.165) is 22.2 Å². The number of benzene rings is 2. The minimum Gasteiger partial charge on any atom is -0.298 e. The van der Waals surface area contributed by atoms with E-state index < -0.39 is 6.09 Å². The largest absolute Gasteiger partial charge is 0.437 e. The van der Waals surface area contributed by atoms with Crippen LogP contribution in [0.1, 0.15) is 27.7 Å². The van der Waals surface area contributed by atoms with Crippen LogP contribution in [0.3, 0.4) is 0 Å². The number of carbonyl (C=O) groups is 1. The second-order valence-corrected chi connectivity index (χ2v) is 5.48. The molecule has 0 atom stereocenters. The number of fused-ring (bicyclic) bond motifs is 1. The number of hydrogen-bond donors (Lipinski definition) is 2. The van der Waals surface area contributed by atoms with E-state index in [1.807, 2.05) is 44.2 Å². The smallest absolute Gasteiger partial charge is 0.298 e. The number of anilines is 2. The molecule has 0 aliphatic carbocycles.